The quantitative estimate of drug-likeness (QED) is 0.649. The average Bonchev–Trinajstić information content (AvgIpc) is 1.96. The van der Waals surface area contributed by atoms with Gasteiger partial charge in [0.1, 0.15) is 0 Å². The first-order chi connectivity index (χ1) is 5.52. The molecule has 72 valence electrons. The van der Waals surface area contributed by atoms with Crippen molar-refractivity contribution in [2.75, 3.05) is 6.54 Å². The molecule has 0 bridgehead atoms. The number of rotatable bonds is 5. The van der Waals surface area contributed by atoms with E-state index in [0.717, 1.165) is 6.54 Å². The van der Waals surface area contributed by atoms with Crippen molar-refractivity contribution in [3.05, 3.63) is 0 Å². The van der Waals surface area contributed by atoms with E-state index in [1.165, 1.54) is 0 Å². The van der Waals surface area contributed by atoms with E-state index >= 15 is 0 Å². The van der Waals surface area contributed by atoms with E-state index in [1.54, 1.807) is 6.92 Å². The minimum absolute atomic E-state index is 0.0320. The fourth-order valence-corrected chi connectivity index (χ4v) is 0.746. The van der Waals surface area contributed by atoms with Gasteiger partial charge in [0.2, 0.25) is 5.91 Å². The Morgan fingerprint density at radius 1 is 1.42 bits per heavy atom. The predicted molar refractivity (Wildman–Crippen MR) is 48.8 cm³/mol. The number of aliphatic hydroxyl groups is 1. The van der Waals surface area contributed by atoms with Crippen molar-refractivity contribution < 1.29 is 9.90 Å². The molecule has 0 spiro atoms. The number of nitrogens with one attached hydrogen (secondary N) is 1. The van der Waals surface area contributed by atoms with Crippen LogP contribution in [0.1, 0.15) is 33.6 Å². The van der Waals surface area contributed by atoms with Crippen LogP contribution in [0.15, 0.2) is 0 Å². The zero-order valence-electron chi connectivity index (χ0n) is 8.13. The molecule has 1 amide bonds. The highest BCUT2D eigenvalue weighted by Crippen LogP contribution is 1.95. The normalized spacial score (nSPS) is 13.1. The van der Waals surface area contributed by atoms with Crippen molar-refractivity contribution in [3.8, 4) is 0 Å². The number of hydrogen-bond acceptors (Lipinski definition) is 2. The summed E-state index contributed by atoms with van der Waals surface area (Å²) in [6, 6.07) is 0. The van der Waals surface area contributed by atoms with E-state index in [2.05, 4.69) is 19.2 Å². The lowest BCUT2D eigenvalue weighted by Crippen LogP contribution is -2.27. The molecule has 0 aliphatic rings. The number of amides is 1. The maximum atomic E-state index is 11.0. The van der Waals surface area contributed by atoms with Crippen LogP contribution in [-0.2, 0) is 4.79 Å². The molecule has 0 saturated carbocycles. The third-order valence-electron chi connectivity index (χ3n) is 1.50. The number of carbonyl (C=O) groups excluding carboxylic acids is 1. The van der Waals surface area contributed by atoms with Crippen LogP contribution in [-0.4, -0.2) is 23.7 Å². The summed E-state index contributed by atoms with van der Waals surface area (Å²) in [6.07, 6.45) is 0.587. The van der Waals surface area contributed by atoms with Crippen molar-refractivity contribution in [1.29, 1.82) is 0 Å². The summed E-state index contributed by atoms with van der Waals surface area (Å²) in [5, 5.41) is 11.7. The minimum atomic E-state index is -0.380. The molecule has 0 aromatic heterocycles. The first kappa shape index (κ1) is 11.4. The van der Waals surface area contributed by atoms with Crippen molar-refractivity contribution in [3.63, 3.8) is 0 Å². The Labute approximate surface area is 74.2 Å². The molecule has 0 aromatic carbocycles. The SMILES string of the molecule is CC(C)CNC(=O)CCC(C)O. The number of hydrogen-bond donors (Lipinski definition) is 2. The fraction of sp³-hybridized carbons (Fsp3) is 0.889. The Balaban J connectivity index is 3.34. The highest BCUT2D eigenvalue weighted by molar-refractivity contribution is 5.75. The summed E-state index contributed by atoms with van der Waals surface area (Å²) in [7, 11) is 0. The van der Waals surface area contributed by atoms with E-state index in [-0.39, 0.29) is 12.0 Å². The molecule has 12 heavy (non-hydrogen) atoms. The third-order valence-corrected chi connectivity index (χ3v) is 1.50. The molecule has 2 N–H and O–H groups in total. The summed E-state index contributed by atoms with van der Waals surface area (Å²) in [6.45, 7) is 6.51. The third kappa shape index (κ3) is 7.54. The highest BCUT2D eigenvalue weighted by Gasteiger charge is 2.03. The number of aliphatic hydroxyl groups excluding tert-OH is 1. The van der Waals surface area contributed by atoms with Crippen molar-refractivity contribution in [2.45, 2.75) is 39.7 Å². The molecule has 0 aliphatic carbocycles. The summed E-state index contributed by atoms with van der Waals surface area (Å²) in [4.78, 5) is 11.0. The molecule has 0 aliphatic heterocycles. The van der Waals surface area contributed by atoms with E-state index < -0.39 is 0 Å². The van der Waals surface area contributed by atoms with Crippen LogP contribution in [0, 0.1) is 5.92 Å². The van der Waals surface area contributed by atoms with Crippen molar-refractivity contribution in [2.24, 2.45) is 5.92 Å². The van der Waals surface area contributed by atoms with Gasteiger partial charge in [-0.2, -0.15) is 0 Å². The second-order valence-corrected chi connectivity index (χ2v) is 3.59. The lowest BCUT2D eigenvalue weighted by Gasteiger charge is -2.07. The molecule has 0 rings (SSSR count). The van der Waals surface area contributed by atoms with Gasteiger partial charge in [0.25, 0.3) is 0 Å². The summed E-state index contributed by atoms with van der Waals surface area (Å²) in [5.41, 5.74) is 0. The molecular weight excluding hydrogens is 154 g/mol. The molecule has 0 aromatic rings. The highest BCUT2D eigenvalue weighted by atomic mass is 16.3. The summed E-state index contributed by atoms with van der Waals surface area (Å²) in [5.74, 6) is 0.519. The summed E-state index contributed by atoms with van der Waals surface area (Å²) < 4.78 is 0. The van der Waals surface area contributed by atoms with Crippen LogP contribution in [0.3, 0.4) is 0 Å². The van der Waals surface area contributed by atoms with E-state index in [9.17, 15) is 4.79 Å². The van der Waals surface area contributed by atoms with Crippen LogP contribution < -0.4 is 5.32 Å². The van der Waals surface area contributed by atoms with Gasteiger partial charge in [0.15, 0.2) is 0 Å². The van der Waals surface area contributed by atoms with Gasteiger partial charge in [-0.1, -0.05) is 13.8 Å². The largest absolute Gasteiger partial charge is 0.393 e. The molecule has 3 heteroatoms. The molecule has 0 saturated heterocycles. The predicted octanol–water partition coefficient (Wildman–Crippen LogP) is 0.920. The smallest absolute Gasteiger partial charge is 0.220 e. The van der Waals surface area contributed by atoms with Crippen molar-refractivity contribution >= 4 is 5.91 Å². The lowest BCUT2D eigenvalue weighted by molar-refractivity contribution is -0.121. The topological polar surface area (TPSA) is 49.3 Å². The monoisotopic (exact) mass is 173 g/mol. The van der Waals surface area contributed by atoms with Gasteiger partial charge >= 0.3 is 0 Å². The van der Waals surface area contributed by atoms with Gasteiger partial charge in [0, 0.05) is 13.0 Å². The van der Waals surface area contributed by atoms with E-state index in [0.29, 0.717) is 18.8 Å². The van der Waals surface area contributed by atoms with Crippen molar-refractivity contribution in [1.82, 2.24) is 5.32 Å². The van der Waals surface area contributed by atoms with Gasteiger partial charge in [-0.15, -0.1) is 0 Å². The molecule has 0 heterocycles. The molecule has 0 fully saturated rings. The maximum absolute atomic E-state index is 11.0. The van der Waals surface area contributed by atoms with Gasteiger partial charge in [-0.3, -0.25) is 4.79 Å². The number of carbonyl (C=O) groups is 1. The van der Waals surface area contributed by atoms with Crippen LogP contribution >= 0.6 is 0 Å². The fourth-order valence-electron chi connectivity index (χ4n) is 0.746. The van der Waals surface area contributed by atoms with Gasteiger partial charge < -0.3 is 10.4 Å². The first-order valence-electron chi connectivity index (χ1n) is 4.47. The Morgan fingerprint density at radius 2 is 2.00 bits per heavy atom. The molecular formula is C9H19NO2. The average molecular weight is 173 g/mol. The van der Waals surface area contributed by atoms with Crippen LogP contribution in [0.5, 0.6) is 0 Å². The first-order valence-corrected chi connectivity index (χ1v) is 4.47. The molecule has 1 atom stereocenters. The molecule has 3 nitrogen and oxygen atoms in total. The van der Waals surface area contributed by atoms with E-state index in [4.69, 9.17) is 5.11 Å². The Kier molecular flexibility index (Phi) is 5.72. The zero-order chi connectivity index (χ0) is 9.56. The van der Waals surface area contributed by atoms with Gasteiger partial charge in [0.05, 0.1) is 6.10 Å². The van der Waals surface area contributed by atoms with E-state index in [1.807, 2.05) is 0 Å². The Morgan fingerprint density at radius 3 is 2.42 bits per heavy atom. The minimum Gasteiger partial charge on any atom is -0.393 e. The van der Waals surface area contributed by atoms with Gasteiger partial charge in [-0.25, -0.2) is 0 Å². The molecule has 1 unspecified atom stereocenters. The van der Waals surface area contributed by atoms with Crippen LogP contribution in [0.2, 0.25) is 0 Å². The second-order valence-electron chi connectivity index (χ2n) is 3.59. The maximum Gasteiger partial charge on any atom is 0.220 e. The lowest BCUT2D eigenvalue weighted by atomic mass is 10.2. The van der Waals surface area contributed by atoms with Crippen LogP contribution in [0.25, 0.3) is 0 Å². The van der Waals surface area contributed by atoms with Crippen LogP contribution in [0.4, 0.5) is 0 Å². The van der Waals surface area contributed by atoms with Gasteiger partial charge in [-0.05, 0) is 19.3 Å². The Bertz CT molecular complexity index is 118. The second kappa shape index (κ2) is 6.00. The zero-order valence-corrected chi connectivity index (χ0v) is 8.13. The molecule has 0 radical (unpaired) electrons. The summed E-state index contributed by atoms with van der Waals surface area (Å²) >= 11 is 0. The standard InChI is InChI=1S/C9H19NO2/c1-7(2)6-10-9(12)5-4-8(3)11/h7-8,11H,4-6H2,1-3H3,(H,10,12). The Hall–Kier alpha value is -0.570.